The smallest absolute Gasteiger partial charge is 0.0223 e. The van der Waals surface area contributed by atoms with Crippen molar-refractivity contribution in [2.45, 2.75) is 38.8 Å². The molecule has 2 heteroatoms. The molecule has 1 saturated heterocycles. The maximum atomic E-state index is 3.25. The van der Waals surface area contributed by atoms with Gasteiger partial charge in [0.1, 0.15) is 0 Å². The molecule has 1 aliphatic heterocycles. The van der Waals surface area contributed by atoms with Crippen LogP contribution < -0.4 is 5.32 Å². The van der Waals surface area contributed by atoms with Crippen molar-refractivity contribution in [1.82, 2.24) is 10.2 Å². The highest BCUT2D eigenvalue weighted by Crippen LogP contribution is 2.18. The number of rotatable bonds is 3. The molecule has 0 unspecified atom stereocenters. The van der Waals surface area contributed by atoms with Crippen LogP contribution in [-0.4, -0.2) is 37.1 Å². The van der Waals surface area contributed by atoms with Crippen molar-refractivity contribution in [3.8, 4) is 0 Å². The molecular formula is C9H20N2. The molecule has 66 valence electrons. The van der Waals surface area contributed by atoms with Crippen molar-refractivity contribution in [2.75, 3.05) is 20.1 Å². The highest BCUT2D eigenvalue weighted by atomic mass is 15.2. The van der Waals surface area contributed by atoms with Gasteiger partial charge in [-0.1, -0.05) is 0 Å². The van der Waals surface area contributed by atoms with Crippen LogP contribution in [0.15, 0.2) is 0 Å². The second kappa shape index (κ2) is 4.07. The van der Waals surface area contributed by atoms with Gasteiger partial charge in [0.25, 0.3) is 0 Å². The molecule has 1 aliphatic rings. The third kappa shape index (κ3) is 2.17. The predicted molar refractivity (Wildman–Crippen MR) is 48.8 cm³/mol. The minimum absolute atomic E-state index is 0.718. The van der Waals surface area contributed by atoms with Gasteiger partial charge in [0, 0.05) is 18.6 Å². The van der Waals surface area contributed by atoms with E-state index in [0.29, 0.717) is 0 Å². The highest BCUT2D eigenvalue weighted by Gasteiger charge is 2.25. The molecule has 1 atom stereocenters. The topological polar surface area (TPSA) is 15.3 Å². The molecule has 2 nitrogen and oxygen atoms in total. The minimum Gasteiger partial charge on any atom is -0.318 e. The molecule has 0 aromatic heterocycles. The van der Waals surface area contributed by atoms with Crippen molar-refractivity contribution in [3.63, 3.8) is 0 Å². The fourth-order valence-electron chi connectivity index (χ4n) is 1.99. The Morgan fingerprint density at radius 3 is 2.82 bits per heavy atom. The summed E-state index contributed by atoms with van der Waals surface area (Å²) >= 11 is 0. The maximum absolute atomic E-state index is 3.25. The lowest BCUT2D eigenvalue weighted by Gasteiger charge is -2.27. The molecule has 11 heavy (non-hydrogen) atoms. The maximum Gasteiger partial charge on any atom is 0.0223 e. The minimum atomic E-state index is 0.718. The van der Waals surface area contributed by atoms with E-state index in [4.69, 9.17) is 0 Å². The highest BCUT2D eigenvalue weighted by molar-refractivity contribution is 4.82. The Kier molecular flexibility index (Phi) is 3.34. The number of likely N-dealkylation sites (N-methyl/N-ethyl adjacent to an activating group) is 1. The zero-order chi connectivity index (χ0) is 8.27. The van der Waals surface area contributed by atoms with Gasteiger partial charge in [0.2, 0.25) is 0 Å². The summed E-state index contributed by atoms with van der Waals surface area (Å²) in [5.41, 5.74) is 0. The van der Waals surface area contributed by atoms with Crippen LogP contribution in [0.1, 0.15) is 26.7 Å². The van der Waals surface area contributed by atoms with Gasteiger partial charge in [0.15, 0.2) is 0 Å². The summed E-state index contributed by atoms with van der Waals surface area (Å²) in [6, 6.07) is 1.51. The van der Waals surface area contributed by atoms with Crippen LogP contribution in [0.25, 0.3) is 0 Å². The molecule has 0 amide bonds. The van der Waals surface area contributed by atoms with E-state index in [0.717, 1.165) is 18.6 Å². The molecule has 1 rings (SSSR count). The van der Waals surface area contributed by atoms with Crippen LogP contribution >= 0.6 is 0 Å². The van der Waals surface area contributed by atoms with Crippen LogP contribution in [0, 0.1) is 0 Å². The van der Waals surface area contributed by atoms with Crippen LogP contribution in [0.3, 0.4) is 0 Å². The molecule has 0 saturated carbocycles. The first-order valence-corrected chi connectivity index (χ1v) is 4.66. The predicted octanol–water partition coefficient (Wildman–Crippen LogP) is 1.08. The molecular weight excluding hydrogens is 136 g/mol. The average molecular weight is 156 g/mol. The second-order valence-electron chi connectivity index (χ2n) is 3.69. The summed E-state index contributed by atoms with van der Waals surface area (Å²) in [6.45, 7) is 7.02. The average Bonchev–Trinajstić information content (AvgIpc) is 2.36. The summed E-state index contributed by atoms with van der Waals surface area (Å²) in [6.07, 6.45) is 2.75. The fraction of sp³-hybridized carbons (Fsp3) is 1.00. The lowest BCUT2D eigenvalue weighted by Crippen LogP contribution is -2.40. The van der Waals surface area contributed by atoms with Gasteiger partial charge >= 0.3 is 0 Å². The first-order valence-electron chi connectivity index (χ1n) is 4.66. The van der Waals surface area contributed by atoms with E-state index < -0.39 is 0 Å². The molecule has 1 N–H and O–H groups in total. The number of hydrogen-bond donors (Lipinski definition) is 1. The largest absolute Gasteiger partial charge is 0.318 e. The first-order chi connectivity index (χ1) is 5.25. The Hall–Kier alpha value is -0.0800. The quantitative estimate of drug-likeness (QED) is 0.658. The summed E-state index contributed by atoms with van der Waals surface area (Å²) in [5, 5.41) is 3.25. The van der Waals surface area contributed by atoms with E-state index in [-0.39, 0.29) is 0 Å². The lowest BCUT2D eigenvalue weighted by molar-refractivity contribution is 0.202. The Morgan fingerprint density at radius 1 is 1.55 bits per heavy atom. The standard InChI is InChI=1S/C9H20N2/c1-8(2)11-6-4-5-9(11)7-10-3/h8-10H,4-7H2,1-3H3/t9-/m0/s1. The fourth-order valence-corrected chi connectivity index (χ4v) is 1.99. The normalized spacial score (nSPS) is 26.7. The summed E-state index contributed by atoms with van der Waals surface area (Å²) in [4.78, 5) is 2.59. The van der Waals surface area contributed by atoms with Crippen molar-refractivity contribution in [3.05, 3.63) is 0 Å². The summed E-state index contributed by atoms with van der Waals surface area (Å²) in [7, 11) is 2.04. The number of nitrogens with zero attached hydrogens (tertiary/aromatic N) is 1. The van der Waals surface area contributed by atoms with Gasteiger partial charge < -0.3 is 5.32 Å². The van der Waals surface area contributed by atoms with Crippen LogP contribution in [0.2, 0.25) is 0 Å². The molecule has 0 spiro atoms. The van der Waals surface area contributed by atoms with Gasteiger partial charge in [-0.15, -0.1) is 0 Å². The molecule has 0 bridgehead atoms. The van der Waals surface area contributed by atoms with Crippen molar-refractivity contribution in [2.24, 2.45) is 0 Å². The lowest BCUT2D eigenvalue weighted by atomic mass is 10.2. The van der Waals surface area contributed by atoms with Crippen LogP contribution in [0.4, 0.5) is 0 Å². The molecule has 1 fully saturated rings. The molecule has 1 heterocycles. The third-order valence-electron chi connectivity index (χ3n) is 2.53. The van der Waals surface area contributed by atoms with Crippen molar-refractivity contribution in [1.29, 1.82) is 0 Å². The van der Waals surface area contributed by atoms with Gasteiger partial charge in [-0.05, 0) is 40.3 Å². The SMILES string of the molecule is CNC[C@@H]1CCCN1C(C)C. The number of likely N-dealkylation sites (tertiary alicyclic amines) is 1. The first kappa shape index (κ1) is 9.01. The second-order valence-corrected chi connectivity index (χ2v) is 3.69. The molecule has 0 aliphatic carbocycles. The van der Waals surface area contributed by atoms with Gasteiger partial charge in [-0.25, -0.2) is 0 Å². The van der Waals surface area contributed by atoms with E-state index in [1.54, 1.807) is 0 Å². The van der Waals surface area contributed by atoms with E-state index in [9.17, 15) is 0 Å². The zero-order valence-electron chi connectivity index (χ0n) is 7.93. The Morgan fingerprint density at radius 2 is 2.27 bits per heavy atom. The van der Waals surface area contributed by atoms with Crippen molar-refractivity contribution >= 4 is 0 Å². The van der Waals surface area contributed by atoms with E-state index in [1.165, 1.54) is 19.4 Å². The van der Waals surface area contributed by atoms with Crippen LogP contribution in [0.5, 0.6) is 0 Å². The molecule has 0 aromatic rings. The summed E-state index contributed by atoms with van der Waals surface area (Å²) < 4.78 is 0. The zero-order valence-corrected chi connectivity index (χ0v) is 7.93. The van der Waals surface area contributed by atoms with E-state index in [1.807, 2.05) is 7.05 Å². The van der Waals surface area contributed by atoms with Gasteiger partial charge in [0.05, 0.1) is 0 Å². The van der Waals surface area contributed by atoms with E-state index in [2.05, 4.69) is 24.1 Å². The van der Waals surface area contributed by atoms with Gasteiger partial charge in [-0.2, -0.15) is 0 Å². The van der Waals surface area contributed by atoms with Crippen LogP contribution in [-0.2, 0) is 0 Å². The number of nitrogens with one attached hydrogen (secondary N) is 1. The Balaban J connectivity index is 2.37. The van der Waals surface area contributed by atoms with Gasteiger partial charge in [-0.3, -0.25) is 4.90 Å². The monoisotopic (exact) mass is 156 g/mol. The molecule has 0 aromatic carbocycles. The van der Waals surface area contributed by atoms with Crippen molar-refractivity contribution < 1.29 is 0 Å². The Labute approximate surface area is 70.0 Å². The number of hydrogen-bond acceptors (Lipinski definition) is 2. The summed E-state index contributed by atoms with van der Waals surface area (Å²) in [5.74, 6) is 0. The molecule has 0 radical (unpaired) electrons. The third-order valence-corrected chi connectivity index (χ3v) is 2.53. The Bertz CT molecular complexity index is 112. The van der Waals surface area contributed by atoms with E-state index >= 15 is 0 Å².